The highest BCUT2D eigenvalue weighted by atomic mass is 32.2. The summed E-state index contributed by atoms with van der Waals surface area (Å²) in [4.78, 5) is 31.4. The molecule has 136 valence electrons. The van der Waals surface area contributed by atoms with Crippen molar-refractivity contribution >= 4 is 44.9 Å². The SMILES string of the molecule is Cc1ccc(C)c(NC(=O)CSc2nc3sc(C)c(C)c3c(=O)n2C)c1. The molecule has 5 nitrogen and oxygen atoms in total. The summed E-state index contributed by atoms with van der Waals surface area (Å²) in [5.41, 5.74) is 3.86. The van der Waals surface area contributed by atoms with Gasteiger partial charge in [-0.3, -0.25) is 14.2 Å². The summed E-state index contributed by atoms with van der Waals surface area (Å²) in [6.45, 7) is 7.89. The van der Waals surface area contributed by atoms with E-state index >= 15 is 0 Å². The maximum atomic E-state index is 12.6. The fraction of sp³-hybridized carbons (Fsp3) is 0.316. The van der Waals surface area contributed by atoms with Gasteiger partial charge in [-0.05, 0) is 50.5 Å². The normalized spacial score (nSPS) is 11.1. The molecular weight excluding hydrogens is 366 g/mol. The minimum absolute atomic E-state index is 0.0608. The number of carbonyl (C=O) groups excluding carboxylic acids is 1. The van der Waals surface area contributed by atoms with Crippen LogP contribution in [0.1, 0.15) is 21.6 Å². The number of thiophene rings is 1. The summed E-state index contributed by atoms with van der Waals surface area (Å²) in [5.74, 6) is 0.0827. The van der Waals surface area contributed by atoms with Gasteiger partial charge in [0.2, 0.25) is 5.91 Å². The third-order valence-electron chi connectivity index (χ3n) is 4.37. The monoisotopic (exact) mass is 387 g/mol. The Balaban J connectivity index is 1.79. The Morgan fingerprint density at radius 1 is 1.27 bits per heavy atom. The lowest BCUT2D eigenvalue weighted by Crippen LogP contribution is -2.21. The van der Waals surface area contributed by atoms with Crippen molar-refractivity contribution in [2.75, 3.05) is 11.1 Å². The lowest BCUT2D eigenvalue weighted by Gasteiger charge is -2.10. The molecule has 0 bridgehead atoms. The van der Waals surface area contributed by atoms with E-state index in [4.69, 9.17) is 0 Å². The minimum Gasteiger partial charge on any atom is -0.325 e. The number of benzene rings is 1. The van der Waals surface area contributed by atoms with E-state index in [1.807, 2.05) is 45.9 Å². The van der Waals surface area contributed by atoms with Crippen LogP contribution in [0.15, 0.2) is 28.2 Å². The number of hydrogen-bond donors (Lipinski definition) is 1. The van der Waals surface area contributed by atoms with E-state index in [1.165, 1.54) is 27.7 Å². The Morgan fingerprint density at radius 3 is 2.73 bits per heavy atom. The van der Waals surface area contributed by atoms with E-state index in [1.54, 1.807) is 7.05 Å². The summed E-state index contributed by atoms with van der Waals surface area (Å²) < 4.78 is 1.53. The molecule has 1 N–H and O–H groups in total. The molecule has 0 saturated heterocycles. The highest BCUT2D eigenvalue weighted by Gasteiger charge is 2.16. The zero-order chi connectivity index (χ0) is 19.0. The number of thioether (sulfide) groups is 1. The van der Waals surface area contributed by atoms with Crippen LogP contribution in [-0.4, -0.2) is 21.2 Å². The van der Waals surface area contributed by atoms with Gasteiger partial charge in [0.15, 0.2) is 5.16 Å². The van der Waals surface area contributed by atoms with Crippen LogP contribution < -0.4 is 10.9 Å². The molecule has 0 fully saturated rings. The average molecular weight is 388 g/mol. The van der Waals surface area contributed by atoms with Crippen molar-refractivity contribution in [1.82, 2.24) is 9.55 Å². The number of fused-ring (bicyclic) bond motifs is 1. The maximum absolute atomic E-state index is 12.6. The summed E-state index contributed by atoms with van der Waals surface area (Å²) in [7, 11) is 1.70. The van der Waals surface area contributed by atoms with Gasteiger partial charge < -0.3 is 5.32 Å². The summed E-state index contributed by atoms with van der Waals surface area (Å²) >= 11 is 2.79. The molecule has 0 aliphatic rings. The van der Waals surface area contributed by atoms with Gasteiger partial charge in [-0.1, -0.05) is 23.9 Å². The van der Waals surface area contributed by atoms with Crippen molar-refractivity contribution in [3.05, 3.63) is 50.1 Å². The third kappa shape index (κ3) is 3.54. The van der Waals surface area contributed by atoms with E-state index in [0.29, 0.717) is 10.5 Å². The van der Waals surface area contributed by atoms with E-state index < -0.39 is 0 Å². The van der Waals surface area contributed by atoms with Gasteiger partial charge in [0, 0.05) is 17.6 Å². The molecule has 0 radical (unpaired) electrons. The smallest absolute Gasteiger partial charge is 0.262 e. The molecule has 0 saturated carbocycles. The Kier molecular flexibility index (Phi) is 5.20. The highest BCUT2D eigenvalue weighted by molar-refractivity contribution is 7.99. The molecular formula is C19H21N3O2S2. The molecule has 0 atom stereocenters. The fourth-order valence-electron chi connectivity index (χ4n) is 2.67. The van der Waals surface area contributed by atoms with Crippen LogP contribution in [0.5, 0.6) is 0 Å². The van der Waals surface area contributed by atoms with Crippen molar-refractivity contribution in [3.63, 3.8) is 0 Å². The van der Waals surface area contributed by atoms with Crippen LogP contribution in [-0.2, 0) is 11.8 Å². The molecule has 1 amide bonds. The molecule has 1 aromatic carbocycles. The number of aromatic nitrogens is 2. The summed E-state index contributed by atoms with van der Waals surface area (Å²) in [6, 6.07) is 5.95. The lowest BCUT2D eigenvalue weighted by atomic mass is 10.1. The first-order valence-corrected chi connectivity index (χ1v) is 10.0. The van der Waals surface area contributed by atoms with E-state index in [9.17, 15) is 9.59 Å². The first-order valence-electron chi connectivity index (χ1n) is 8.24. The van der Waals surface area contributed by atoms with E-state index in [-0.39, 0.29) is 17.2 Å². The molecule has 26 heavy (non-hydrogen) atoms. The topological polar surface area (TPSA) is 64.0 Å². The quantitative estimate of drug-likeness (QED) is 0.544. The van der Waals surface area contributed by atoms with Crippen LogP contribution in [0, 0.1) is 27.7 Å². The number of hydrogen-bond acceptors (Lipinski definition) is 5. The van der Waals surface area contributed by atoms with Crippen LogP contribution in [0.3, 0.4) is 0 Å². The fourth-order valence-corrected chi connectivity index (χ4v) is 4.51. The van der Waals surface area contributed by atoms with Crippen molar-refractivity contribution < 1.29 is 4.79 Å². The predicted molar refractivity (Wildman–Crippen MR) is 110 cm³/mol. The van der Waals surface area contributed by atoms with Crippen molar-refractivity contribution in [3.8, 4) is 0 Å². The largest absolute Gasteiger partial charge is 0.325 e. The van der Waals surface area contributed by atoms with Gasteiger partial charge in [0.25, 0.3) is 5.56 Å². The second kappa shape index (κ2) is 7.25. The van der Waals surface area contributed by atoms with E-state index in [2.05, 4.69) is 10.3 Å². The van der Waals surface area contributed by atoms with Crippen molar-refractivity contribution in [1.29, 1.82) is 0 Å². The number of carbonyl (C=O) groups is 1. The van der Waals surface area contributed by atoms with Crippen molar-refractivity contribution in [2.45, 2.75) is 32.9 Å². The van der Waals surface area contributed by atoms with Crippen LogP contribution in [0.2, 0.25) is 0 Å². The van der Waals surface area contributed by atoms with Gasteiger partial charge in [0.05, 0.1) is 11.1 Å². The van der Waals surface area contributed by atoms with Crippen LogP contribution in [0.4, 0.5) is 5.69 Å². The summed E-state index contributed by atoms with van der Waals surface area (Å²) in [6.07, 6.45) is 0. The van der Waals surface area contributed by atoms with E-state index in [0.717, 1.165) is 32.1 Å². The standard InChI is InChI=1S/C19H21N3O2S2/c1-10-6-7-11(2)14(8-10)20-15(23)9-25-19-21-17-16(18(24)22(19)5)12(3)13(4)26-17/h6-8H,9H2,1-5H3,(H,20,23). The zero-order valence-electron chi connectivity index (χ0n) is 15.5. The first-order chi connectivity index (χ1) is 12.3. The van der Waals surface area contributed by atoms with Gasteiger partial charge >= 0.3 is 0 Å². The number of nitrogens with one attached hydrogen (secondary N) is 1. The number of nitrogens with zero attached hydrogens (tertiary/aromatic N) is 2. The van der Waals surface area contributed by atoms with Crippen LogP contribution in [0.25, 0.3) is 10.2 Å². The number of anilines is 1. The number of rotatable bonds is 4. The van der Waals surface area contributed by atoms with Gasteiger partial charge in [0.1, 0.15) is 4.83 Å². The average Bonchev–Trinajstić information content (AvgIpc) is 2.87. The molecule has 3 aromatic rings. The highest BCUT2D eigenvalue weighted by Crippen LogP contribution is 2.28. The second-order valence-electron chi connectivity index (χ2n) is 6.38. The molecule has 3 rings (SSSR count). The third-order valence-corrected chi connectivity index (χ3v) is 6.50. The first kappa shape index (κ1) is 18.7. The Hall–Kier alpha value is -2.12. The molecule has 0 unspecified atom stereocenters. The molecule has 7 heteroatoms. The molecule has 0 spiro atoms. The Bertz CT molecular complexity index is 1070. The maximum Gasteiger partial charge on any atom is 0.262 e. The molecule has 0 aliphatic heterocycles. The molecule has 2 heterocycles. The Labute approximate surface area is 160 Å². The number of aryl methyl sites for hydroxylation is 4. The second-order valence-corrected chi connectivity index (χ2v) is 8.52. The Morgan fingerprint density at radius 2 is 2.00 bits per heavy atom. The number of amides is 1. The van der Waals surface area contributed by atoms with Gasteiger partial charge in [-0.2, -0.15) is 0 Å². The zero-order valence-corrected chi connectivity index (χ0v) is 17.1. The lowest BCUT2D eigenvalue weighted by molar-refractivity contribution is -0.113. The minimum atomic E-state index is -0.114. The predicted octanol–water partition coefficient (Wildman–Crippen LogP) is 3.96. The molecule has 2 aromatic heterocycles. The molecule has 0 aliphatic carbocycles. The van der Waals surface area contributed by atoms with Gasteiger partial charge in [-0.25, -0.2) is 4.98 Å². The van der Waals surface area contributed by atoms with Gasteiger partial charge in [-0.15, -0.1) is 11.3 Å². The van der Waals surface area contributed by atoms with Crippen molar-refractivity contribution in [2.24, 2.45) is 7.05 Å². The van der Waals surface area contributed by atoms with Crippen LogP contribution >= 0.6 is 23.1 Å². The summed E-state index contributed by atoms with van der Waals surface area (Å²) in [5, 5.41) is 4.17.